The van der Waals surface area contributed by atoms with Gasteiger partial charge in [0, 0.05) is 31.5 Å². The SMILES string of the molecule is CCc1ccccc1C(=O)N1CCC2(CC1)OCCO2. The lowest BCUT2D eigenvalue weighted by atomic mass is 10.00. The summed E-state index contributed by atoms with van der Waals surface area (Å²) in [5, 5.41) is 0. The second-order valence-electron chi connectivity index (χ2n) is 5.41. The van der Waals surface area contributed by atoms with E-state index in [2.05, 4.69) is 6.92 Å². The van der Waals surface area contributed by atoms with Gasteiger partial charge in [-0.25, -0.2) is 0 Å². The van der Waals surface area contributed by atoms with Crippen molar-refractivity contribution in [2.45, 2.75) is 32.0 Å². The van der Waals surface area contributed by atoms with E-state index < -0.39 is 5.79 Å². The van der Waals surface area contributed by atoms with Crippen LogP contribution in [0.2, 0.25) is 0 Å². The van der Waals surface area contributed by atoms with E-state index in [9.17, 15) is 4.79 Å². The lowest BCUT2D eigenvalue weighted by Gasteiger charge is -2.37. The fourth-order valence-corrected chi connectivity index (χ4v) is 3.04. The van der Waals surface area contributed by atoms with Crippen LogP contribution in [0.5, 0.6) is 0 Å². The number of piperidine rings is 1. The summed E-state index contributed by atoms with van der Waals surface area (Å²) in [4.78, 5) is 14.5. The van der Waals surface area contributed by atoms with Crippen LogP contribution in [-0.4, -0.2) is 42.9 Å². The quantitative estimate of drug-likeness (QED) is 0.831. The smallest absolute Gasteiger partial charge is 0.254 e. The number of ether oxygens (including phenoxy) is 2. The number of carbonyl (C=O) groups excluding carboxylic acids is 1. The summed E-state index contributed by atoms with van der Waals surface area (Å²) in [6.07, 6.45) is 2.42. The van der Waals surface area contributed by atoms with E-state index in [4.69, 9.17) is 9.47 Å². The monoisotopic (exact) mass is 275 g/mol. The van der Waals surface area contributed by atoms with Gasteiger partial charge in [-0.15, -0.1) is 0 Å². The average Bonchev–Trinajstić information content (AvgIpc) is 2.95. The molecule has 2 aliphatic rings. The molecule has 0 atom stereocenters. The summed E-state index contributed by atoms with van der Waals surface area (Å²) in [6, 6.07) is 7.87. The van der Waals surface area contributed by atoms with E-state index in [0.717, 1.165) is 30.4 Å². The van der Waals surface area contributed by atoms with Gasteiger partial charge in [-0.1, -0.05) is 25.1 Å². The molecule has 4 heteroatoms. The van der Waals surface area contributed by atoms with Crippen LogP contribution < -0.4 is 0 Å². The highest BCUT2D eigenvalue weighted by Crippen LogP contribution is 2.31. The van der Waals surface area contributed by atoms with Gasteiger partial charge in [0.1, 0.15) is 0 Å². The van der Waals surface area contributed by atoms with Crippen molar-refractivity contribution in [2.24, 2.45) is 0 Å². The highest BCUT2D eigenvalue weighted by atomic mass is 16.7. The van der Waals surface area contributed by atoms with Crippen molar-refractivity contribution in [3.8, 4) is 0 Å². The molecule has 2 fully saturated rings. The van der Waals surface area contributed by atoms with E-state index in [1.807, 2.05) is 29.2 Å². The van der Waals surface area contributed by atoms with Gasteiger partial charge in [0.2, 0.25) is 0 Å². The number of nitrogens with zero attached hydrogens (tertiary/aromatic N) is 1. The van der Waals surface area contributed by atoms with Crippen molar-refractivity contribution >= 4 is 5.91 Å². The molecule has 0 unspecified atom stereocenters. The van der Waals surface area contributed by atoms with Crippen LogP contribution in [0.1, 0.15) is 35.7 Å². The summed E-state index contributed by atoms with van der Waals surface area (Å²) < 4.78 is 11.4. The van der Waals surface area contributed by atoms with Crippen molar-refractivity contribution in [3.63, 3.8) is 0 Å². The fourth-order valence-electron chi connectivity index (χ4n) is 3.04. The molecule has 0 radical (unpaired) electrons. The molecule has 2 saturated heterocycles. The largest absolute Gasteiger partial charge is 0.347 e. The third-order valence-corrected chi connectivity index (χ3v) is 4.25. The topological polar surface area (TPSA) is 38.8 Å². The lowest BCUT2D eigenvalue weighted by Crippen LogP contribution is -2.47. The zero-order valence-corrected chi connectivity index (χ0v) is 11.9. The standard InChI is InChI=1S/C16H21NO3/c1-2-13-5-3-4-6-14(13)15(18)17-9-7-16(8-10-17)19-11-12-20-16/h3-6H,2,7-12H2,1H3. The van der Waals surface area contributed by atoms with E-state index in [0.29, 0.717) is 26.3 Å². The van der Waals surface area contributed by atoms with Gasteiger partial charge in [-0.05, 0) is 18.1 Å². The molecule has 20 heavy (non-hydrogen) atoms. The number of carbonyl (C=O) groups is 1. The molecule has 0 N–H and O–H groups in total. The summed E-state index contributed by atoms with van der Waals surface area (Å²) in [5.41, 5.74) is 1.95. The summed E-state index contributed by atoms with van der Waals surface area (Å²) in [5.74, 6) is -0.281. The van der Waals surface area contributed by atoms with Crippen LogP contribution in [0.25, 0.3) is 0 Å². The predicted octanol–water partition coefficient (Wildman–Crippen LogP) is 2.23. The minimum absolute atomic E-state index is 0.135. The second kappa shape index (κ2) is 5.54. The van der Waals surface area contributed by atoms with Gasteiger partial charge in [0.25, 0.3) is 5.91 Å². The van der Waals surface area contributed by atoms with Gasteiger partial charge < -0.3 is 14.4 Å². The van der Waals surface area contributed by atoms with Gasteiger partial charge >= 0.3 is 0 Å². The molecule has 1 aromatic carbocycles. The first kappa shape index (κ1) is 13.6. The van der Waals surface area contributed by atoms with Gasteiger partial charge in [-0.2, -0.15) is 0 Å². The molecular formula is C16H21NO3. The maximum Gasteiger partial charge on any atom is 0.254 e. The van der Waals surface area contributed by atoms with Crippen LogP contribution in [0, 0.1) is 0 Å². The molecule has 1 spiro atoms. The lowest BCUT2D eigenvalue weighted by molar-refractivity contribution is -0.181. The van der Waals surface area contributed by atoms with Crippen molar-refractivity contribution in [2.75, 3.05) is 26.3 Å². The molecule has 0 bridgehead atoms. The van der Waals surface area contributed by atoms with Crippen molar-refractivity contribution in [1.82, 2.24) is 4.90 Å². The Hall–Kier alpha value is -1.39. The third kappa shape index (κ3) is 2.45. The predicted molar refractivity (Wildman–Crippen MR) is 75.6 cm³/mol. The van der Waals surface area contributed by atoms with Crippen LogP contribution in [-0.2, 0) is 15.9 Å². The molecule has 4 nitrogen and oxygen atoms in total. The minimum Gasteiger partial charge on any atom is -0.347 e. The van der Waals surface area contributed by atoms with E-state index in [1.165, 1.54) is 0 Å². The molecule has 0 aliphatic carbocycles. The molecule has 1 aromatic rings. The first-order valence-electron chi connectivity index (χ1n) is 7.39. The Kier molecular flexibility index (Phi) is 3.76. The van der Waals surface area contributed by atoms with Gasteiger partial charge in [0.15, 0.2) is 5.79 Å². The first-order chi connectivity index (χ1) is 9.74. The van der Waals surface area contributed by atoms with Gasteiger partial charge in [0.05, 0.1) is 13.2 Å². The van der Waals surface area contributed by atoms with Crippen molar-refractivity contribution in [3.05, 3.63) is 35.4 Å². The Morgan fingerprint density at radius 3 is 2.50 bits per heavy atom. The van der Waals surface area contributed by atoms with Crippen molar-refractivity contribution in [1.29, 1.82) is 0 Å². The molecule has 0 saturated carbocycles. The normalized spacial score (nSPS) is 21.4. The minimum atomic E-state index is -0.416. The van der Waals surface area contributed by atoms with E-state index >= 15 is 0 Å². The number of hydrogen-bond donors (Lipinski definition) is 0. The Morgan fingerprint density at radius 1 is 1.20 bits per heavy atom. The number of amides is 1. The molecule has 108 valence electrons. The summed E-state index contributed by atoms with van der Waals surface area (Å²) >= 11 is 0. The molecule has 2 aliphatic heterocycles. The number of likely N-dealkylation sites (tertiary alicyclic amines) is 1. The Labute approximate surface area is 119 Å². The second-order valence-corrected chi connectivity index (χ2v) is 5.41. The number of hydrogen-bond acceptors (Lipinski definition) is 3. The Balaban J connectivity index is 1.70. The third-order valence-electron chi connectivity index (χ3n) is 4.25. The van der Waals surface area contributed by atoms with Crippen molar-refractivity contribution < 1.29 is 14.3 Å². The van der Waals surface area contributed by atoms with Crippen LogP contribution in [0.3, 0.4) is 0 Å². The fraction of sp³-hybridized carbons (Fsp3) is 0.562. The number of aryl methyl sites for hydroxylation is 1. The van der Waals surface area contributed by atoms with Crippen LogP contribution in [0.15, 0.2) is 24.3 Å². The Bertz CT molecular complexity index is 484. The zero-order chi connectivity index (χ0) is 14.0. The molecule has 1 amide bonds. The molecular weight excluding hydrogens is 254 g/mol. The van der Waals surface area contributed by atoms with E-state index in [1.54, 1.807) is 0 Å². The highest BCUT2D eigenvalue weighted by molar-refractivity contribution is 5.95. The number of rotatable bonds is 2. The molecule has 0 aromatic heterocycles. The highest BCUT2D eigenvalue weighted by Gasteiger charge is 2.40. The molecule has 2 heterocycles. The summed E-state index contributed by atoms with van der Waals surface area (Å²) in [6.45, 7) is 4.84. The van der Waals surface area contributed by atoms with Gasteiger partial charge in [-0.3, -0.25) is 4.79 Å². The Morgan fingerprint density at radius 2 is 1.85 bits per heavy atom. The maximum atomic E-state index is 12.6. The van der Waals surface area contributed by atoms with E-state index in [-0.39, 0.29) is 5.91 Å². The first-order valence-corrected chi connectivity index (χ1v) is 7.39. The van der Waals surface area contributed by atoms with Crippen LogP contribution >= 0.6 is 0 Å². The number of benzene rings is 1. The average molecular weight is 275 g/mol. The maximum absolute atomic E-state index is 12.6. The van der Waals surface area contributed by atoms with Crippen LogP contribution in [0.4, 0.5) is 0 Å². The molecule has 3 rings (SSSR count). The summed E-state index contributed by atoms with van der Waals surface area (Å²) in [7, 11) is 0. The zero-order valence-electron chi connectivity index (χ0n) is 11.9.